The molecule has 3 heterocycles. The Kier molecular flexibility index (Phi) is 2.04. The number of benzene rings is 2. The number of anilines is 1. The van der Waals surface area contributed by atoms with Gasteiger partial charge in [-0.1, -0.05) is 42.5 Å². The second-order valence-corrected chi connectivity index (χ2v) is 5.26. The predicted molar refractivity (Wildman–Crippen MR) is 87.7 cm³/mol. The topological polar surface area (TPSA) is 69.1 Å². The van der Waals surface area contributed by atoms with Crippen molar-refractivity contribution in [3.8, 4) is 0 Å². The van der Waals surface area contributed by atoms with Gasteiger partial charge in [-0.3, -0.25) is 4.40 Å². The number of imidazole rings is 1. The average molecular weight is 285 g/mol. The maximum absolute atomic E-state index is 5.98. The molecule has 5 nitrogen and oxygen atoms in total. The fourth-order valence-electron chi connectivity index (χ4n) is 3.13. The highest BCUT2D eigenvalue weighted by atomic mass is 15.1. The molecule has 0 aliphatic rings. The zero-order valence-corrected chi connectivity index (χ0v) is 11.6. The molecule has 104 valence electrons. The van der Waals surface area contributed by atoms with Gasteiger partial charge in [-0.2, -0.15) is 0 Å². The number of rotatable bonds is 0. The smallest absolute Gasteiger partial charge is 0.170 e. The number of nitrogen functional groups attached to an aromatic ring is 1. The minimum Gasteiger partial charge on any atom is -0.382 e. The van der Waals surface area contributed by atoms with Crippen LogP contribution in [0.2, 0.25) is 0 Å². The van der Waals surface area contributed by atoms with Crippen molar-refractivity contribution in [2.75, 3.05) is 5.73 Å². The van der Waals surface area contributed by atoms with E-state index in [1.54, 1.807) is 0 Å². The van der Waals surface area contributed by atoms with E-state index in [2.05, 4.69) is 38.6 Å². The Bertz CT molecular complexity index is 1190. The minimum absolute atomic E-state index is 0.405. The molecule has 2 N–H and O–H groups in total. The van der Waals surface area contributed by atoms with Crippen LogP contribution in [0.15, 0.2) is 54.9 Å². The molecule has 0 radical (unpaired) electrons. The number of hydrogen-bond donors (Lipinski definition) is 1. The number of aromatic nitrogens is 4. The molecule has 0 unspecified atom stereocenters. The minimum atomic E-state index is 0.405. The van der Waals surface area contributed by atoms with Gasteiger partial charge >= 0.3 is 0 Å². The summed E-state index contributed by atoms with van der Waals surface area (Å²) < 4.78 is 2.06. The van der Waals surface area contributed by atoms with E-state index in [1.165, 1.54) is 17.1 Å². The second-order valence-electron chi connectivity index (χ2n) is 5.26. The molecule has 0 bridgehead atoms. The summed E-state index contributed by atoms with van der Waals surface area (Å²) in [6.07, 6.45) is 1.48. The van der Waals surface area contributed by atoms with E-state index >= 15 is 0 Å². The van der Waals surface area contributed by atoms with Gasteiger partial charge in [0.1, 0.15) is 12.0 Å². The SMILES string of the molecule is Nc1ncnc2c1nc1c3ccccc3c3ccccc3n21. The molecular formula is C17H11N5. The first-order valence-corrected chi connectivity index (χ1v) is 7.03. The predicted octanol–water partition coefficient (Wildman–Crippen LogP) is 3.17. The van der Waals surface area contributed by atoms with Gasteiger partial charge in [-0.25, -0.2) is 15.0 Å². The van der Waals surface area contributed by atoms with Crippen molar-refractivity contribution in [1.82, 2.24) is 19.4 Å². The van der Waals surface area contributed by atoms with Crippen LogP contribution >= 0.6 is 0 Å². The zero-order valence-electron chi connectivity index (χ0n) is 11.6. The van der Waals surface area contributed by atoms with Crippen LogP contribution in [0.4, 0.5) is 5.82 Å². The Morgan fingerprint density at radius 1 is 0.773 bits per heavy atom. The van der Waals surface area contributed by atoms with Crippen LogP contribution in [0.1, 0.15) is 0 Å². The van der Waals surface area contributed by atoms with Gasteiger partial charge in [0.05, 0.1) is 5.52 Å². The maximum Gasteiger partial charge on any atom is 0.170 e. The summed E-state index contributed by atoms with van der Waals surface area (Å²) >= 11 is 0. The molecule has 0 aliphatic heterocycles. The van der Waals surface area contributed by atoms with Crippen molar-refractivity contribution in [2.24, 2.45) is 0 Å². The lowest BCUT2D eigenvalue weighted by Gasteiger charge is -2.07. The Morgan fingerprint density at radius 3 is 2.36 bits per heavy atom. The van der Waals surface area contributed by atoms with E-state index in [1.807, 2.05) is 24.3 Å². The molecule has 5 heteroatoms. The zero-order chi connectivity index (χ0) is 14.7. The van der Waals surface area contributed by atoms with Gasteiger partial charge < -0.3 is 5.73 Å². The lowest BCUT2D eigenvalue weighted by atomic mass is 10.1. The lowest BCUT2D eigenvalue weighted by Crippen LogP contribution is -1.94. The van der Waals surface area contributed by atoms with Crippen molar-refractivity contribution in [3.63, 3.8) is 0 Å². The van der Waals surface area contributed by atoms with Crippen molar-refractivity contribution in [1.29, 1.82) is 0 Å². The number of para-hydroxylation sites is 1. The number of pyridine rings is 1. The van der Waals surface area contributed by atoms with Crippen LogP contribution in [-0.4, -0.2) is 19.4 Å². The van der Waals surface area contributed by atoms with Crippen molar-refractivity contribution in [3.05, 3.63) is 54.9 Å². The number of nitrogens with two attached hydrogens (primary N) is 1. The summed E-state index contributed by atoms with van der Waals surface area (Å²) in [6.45, 7) is 0. The number of hydrogen-bond acceptors (Lipinski definition) is 4. The van der Waals surface area contributed by atoms with Crippen molar-refractivity contribution < 1.29 is 0 Å². The van der Waals surface area contributed by atoms with Gasteiger partial charge in [0, 0.05) is 10.8 Å². The van der Waals surface area contributed by atoms with Crippen LogP contribution in [0.3, 0.4) is 0 Å². The normalized spacial score (nSPS) is 11.8. The Balaban J connectivity index is 2.24. The Morgan fingerprint density at radius 2 is 1.50 bits per heavy atom. The van der Waals surface area contributed by atoms with E-state index in [4.69, 9.17) is 10.7 Å². The molecule has 3 aromatic heterocycles. The molecule has 0 saturated carbocycles. The first-order chi connectivity index (χ1) is 10.8. The standard InChI is InChI=1S/C17H11N5/c18-15-14-17(20-9-19-15)22-13-8-4-3-6-11(13)10-5-1-2-7-12(10)16(22)21-14/h1-9H,(H2,18,19,20). The Hall–Kier alpha value is -3.21. The number of nitrogens with zero attached hydrogens (tertiary/aromatic N) is 4. The average Bonchev–Trinajstić information content (AvgIpc) is 2.97. The van der Waals surface area contributed by atoms with Crippen molar-refractivity contribution in [2.45, 2.75) is 0 Å². The molecule has 0 amide bonds. The summed E-state index contributed by atoms with van der Waals surface area (Å²) in [5.74, 6) is 0.405. The summed E-state index contributed by atoms with van der Waals surface area (Å²) in [5, 5.41) is 3.42. The van der Waals surface area contributed by atoms with Gasteiger partial charge in [0.2, 0.25) is 0 Å². The molecule has 5 aromatic rings. The molecule has 0 saturated heterocycles. The highest BCUT2D eigenvalue weighted by Gasteiger charge is 2.15. The molecule has 0 atom stereocenters. The summed E-state index contributed by atoms with van der Waals surface area (Å²) in [6, 6.07) is 16.5. The largest absolute Gasteiger partial charge is 0.382 e. The van der Waals surface area contributed by atoms with E-state index < -0.39 is 0 Å². The van der Waals surface area contributed by atoms with E-state index in [0.29, 0.717) is 11.3 Å². The second kappa shape index (κ2) is 3.92. The van der Waals surface area contributed by atoms with Crippen molar-refractivity contribution >= 4 is 44.3 Å². The lowest BCUT2D eigenvalue weighted by molar-refractivity contribution is 1.18. The maximum atomic E-state index is 5.98. The highest BCUT2D eigenvalue weighted by molar-refractivity contribution is 6.13. The third kappa shape index (κ3) is 1.30. The van der Waals surface area contributed by atoms with Crippen LogP contribution in [0.25, 0.3) is 38.5 Å². The Labute approximate surface area is 125 Å². The molecule has 5 rings (SSSR count). The van der Waals surface area contributed by atoms with Crippen LogP contribution in [0.5, 0.6) is 0 Å². The van der Waals surface area contributed by atoms with Gasteiger partial charge in [-0.05, 0) is 11.5 Å². The molecule has 2 aromatic carbocycles. The van der Waals surface area contributed by atoms with Gasteiger partial charge in [0.15, 0.2) is 17.0 Å². The molecular weight excluding hydrogens is 274 g/mol. The van der Waals surface area contributed by atoms with E-state index in [9.17, 15) is 0 Å². The monoisotopic (exact) mass is 285 g/mol. The summed E-state index contributed by atoms with van der Waals surface area (Å²) in [7, 11) is 0. The van der Waals surface area contributed by atoms with Crippen LogP contribution < -0.4 is 5.73 Å². The van der Waals surface area contributed by atoms with Crippen LogP contribution in [0, 0.1) is 0 Å². The quantitative estimate of drug-likeness (QED) is 0.444. The third-order valence-corrected chi connectivity index (χ3v) is 4.08. The number of fused-ring (bicyclic) bond motifs is 8. The van der Waals surface area contributed by atoms with Crippen LogP contribution in [-0.2, 0) is 0 Å². The van der Waals surface area contributed by atoms with Gasteiger partial charge in [0.25, 0.3) is 0 Å². The first kappa shape index (κ1) is 11.4. The van der Waals surface area contributed by atoms with E-state index in [-0.39, 0.29) is 0 Å². The molecule has 0 spiro atoms. The van der Waals surface area contributed by atoms with E-state index in [0.717, 1.165) is 22.2 Å². The fraction of sp³-hybridized carbons (Fsp3) is 0. The van der Waals surface area contributed by atoms with Gasteiger partial charge in [-0.15, -0.1) is 0 Å². The molecule has 0 aliphatic carbocycles. The fourth-order valence-corrected chi connectivity index (χ4v) is 3.13. The first-order valence-electron chi connectivity index (χ1n) is 7.03. The molecule has 22 heavy (non-hydrogen) atoms. The highest BCUT2D eigenvalue weighted by Crippen LogP contribution is 2.31. The summed E-state index contributed by atoms with van der Waals surface area (Å²) in [5.41, 5.74) is 9.29. The third-order valence-electron chi connectivity index (χ3n) is 4.08. The summed E-state index contributed by atoms with van der Waals surface area (Å²) in [4.78, 5) is 13.2. The molecule has 0 fully saturated rings.